The first-order valence-corrected chi connectivity index (χ1v) is 9.26. The molecule has 2 heterocycles. The van der Waals surface area contributed by atoms with Crippen molar-refractivity contribution in [3.05, 3.63) is 65.0 Å². The Hall–Kier alpha value is -3.28. The third-order valence-corrected chi connectivity index (χ3v) is 5.09. The van der Waals surface area contributed by atoms with E-state index >= 15 is 0 Å². The first kappa shape index (κ1) is 18.1. The highest BCUT2D eigenvalue weighted by atomic mass is 16.5. The highest BCUT2D eigenvalue weighted by Gasteiger charge is 2.24. The van der Waals surface area contributed by atoms with Gasteiger partial charge in [-0.3, -0.25) is 4.68 Å². The van der Waals surface area contributed by atoms with E-state index in [9.17, 15) is 4.79 Å². The summed E-state index contributed by atoms with van der Waals surface area (Å²) in [7, 11) is 3.30. The quantitative estimate of drug-likeness (QED) is 0.704. The number of hydrogen-bond donors (Lipinski definition) is 1. The SMILES string of the molecule is COC(=O)c1cc(Cc2ccc(-c3cnn(C)c3)cc2)c(C)c2c1OCCN2. The summed E-state index contributed by atoms with van der Waals surface area (Å²) in [6, 6.07) is 10.3. The Morgan fingerprint density at radius 1 is 1.29 bits per heavy atom. The van der Waals surface area contributed by atoms with Crippen LogP contribution in [0.15, 0.2) is 42.7 Å². The summed E-state index contributed by atoms with van der Waals surface area (Å²) in [5.41, 5.74) is 6.92. The van der Waals surface area contributed by atoms with Gasteiger partial charge in [0, 0.05) is 25.4 Å². The zero-order valence-electron chi connectivity index (χ0n) is 16.3. The summed E-state index contributed by atoms with van der Waals surface area (Å²) in [5, 5.41) is 7.59. The molecule has 1 aliphatic rings. The predicted molar refractivity (Wildman–Crippen MR) is 108 cm³/mol. The van der Waals surface area contributed by atoms with Crippen LogP contribution in [0.25, 0.3) is 11.1 Å². The van der Waals surface area contributed by atoms with Gasteiger partial charge in [0.05, 0.1) is 19.0 Å². The summed E-state index contributed by atoms with van der Waals surface area (Å²) < 4.78 is 12.5. The number of carbonyl (C=O) groups is 1. The van der Waals surface area contributed by atoms with Crippen molar-refractivity contribution in [2.24, 2.45) is 7.05 Å². The maximum atomic E-state index is 12.3. The molecule has 2 aromatic carbocycles. The molecule has 0 aliphatic carbocycles. The number of rotatable bonds is 4. The normalized spacial score (nSPS) is 12.7. The smallest absolute Gasteiger partial charge is 0.341 e. The minimum Gasteiger partial charge on any atom is -0.489 e. The van der Waals surface area contributed by atoms with Gasteiger partial charge in [-0.25, -0.2) is 4.79 Å². The molecule has 144 valence electrons. The van der Waals surface area contributed by atoms with Crippen LogP contribution in [0.1, 0.15) is 27.0 Å². The van der Waals surface area contributed by atoms with Gasteiger partial charge < -0.3 is 14.8 Å². The fourth-order valence-electron chi connectivity index (χ4n) is 3.56. The highest BCUT2D eigenvalue weighted by Crippen LogP contribution is 2.38. The van der Waals surface area contributed by atoms with Crippen LogP contribution in [-0.2, 0) is 18.2 Å². The third kappa shape index (κ3) is 3.33. The van der Waals surface area contributed by atoms with E-state index in [2.05, 4.69) is 41.6 Å². The molecule has 0 saturated carbocycles. The van der Waals surface area contributed by atoms with Crippen LogP contribution in [0.5, 0.6) is 5.75 Å². The van der Waals surface area contributed by atoms with Crippen LogP contribution in [0.2, 0.25) is 0 Å². The second-order valence-corrected chi connectivity index (χ2v) is 6.96. The molecule has 6 heteroatoms. The van der Waals surface area contributed by atoms with Crippen LogP contribution in [0, 0.1) is 6.92 Å². The molecule has 0 radical (unpaired) electrons. The number of methoxy groups -OCH3 is 1. The average molecular weight is 377 g/mol. The standard InChI is InChI=1S/C22H23N3O3/c1-14-17(11-19(22(26)27-3)21-20(14)23-8-9-28-21)10-15-4-6-16(7-5-15)18-12-24-25(2)13-18/h4-7,11-13,23H,8-10H2,1-3H3. The third-order valence-electron chi connectivity index (χ3n) is 5.09. The van der Waals surface area contributed by atoms with Crippen molar-refractivity contribution in [2.45, 2.75) is 13.3 Å². The molecule has 0 amide bonds. The van der Waals surface area contributed by atoms with E-state index in [1.807, 2.05) is 25.5 Å². The zero-order valence-corrected chi connectivity index (χ0v) is 16.3. The number of anilines is 1. The van der Waals surface area contributed by atoms with Gasteiger partial charge in [-0.2, -0.15) is 5.10 Å². The molecule has 0 fully saturated rings. The fraction of sp³-hybridized carbons (Fsp3) is 0.273. The van der Waals surface area contributed by atoms with E-state index in [-0.39, 0.29) is 5.97 Å². The first-order chi connectivity index (χ1) is 13.6. The molecule has 1 N–H and O–H groups in total. The molecule has 3 aromatic rings. The number of nitrogens with one attached hydrogen (secondary N) is 1. The van der Waals surface area contributed by atoms with Crippen LogP contribution in [0.3, 0.4) is 0 Å². The highest BCUT2D eigenvalue weighted by molar-refractivity contribution is 5.96. The van der Waals surface area contributed by atoms with Crippen molar-refractivity contribution in [1.29, 1.82) is 0 Å². The van der Waals surface area contributed by atoms with E-state index < -0.39 is 0 Å². The fourth-order valence-corrected chi connectivity index (χ4v) is 3.56. The summed E-state index contributed by atoms with van der Waals surface area (Å²) in [6.07, 6.45) is 4.58. The first-order valence-electron chi connectivity index (χ1n) is 9.26. The number of esters is 1. The number of benzene rings is 2. The molecular formula is C22H23N3O3. The summed E-state index contributed by atoms with van der Waals surface area (Å²) in [5.74, 6) is 0.208. The van der Waals surface area contributed by atoms with E-state index in [1.54, 1.807) is 4.68 Å². The van der Waals surface area contributed by atoms with Gasteiger partial charge in [-0.1, -0.05) is 24.3 Å². The van der Waals surface area contributed by atoms with Crippen molar-refractivity contribution in [2.75, 3.05) is 25.6 Å². The topological polar surface area (TPSA) is 65.4 Å². The molecule has 0 spiro atoms. The van der Waals surface area contributed by atoms with Gasteiger partial charge >= 0.3 is 5.97 Å². The monoisotopic (exact) mass is 377 g/mol. The van der Waals surface area contributed by atoms with Gasteiger partial charge in [0.2, 0.25) is 0 Å². The van der Waals surface area contributed by atoms with Crippen molar-refractivity contribution >= 4 is 11.7 Å². The number of hydrogen-bond acceptors (Lipinski definition) is 5. The Morgan fingerprint density at radius 2 is 2.07 bits per heavy atom. The number of aromatic nitrogens is 2. The second-order valence-electron chi connectivity index (χ2n) is 6.96. The Balaban J connectivity index is 1.66. The van der Waals surface area contributed by atoms with Crippen LogP contribution >= 0.6 is 0 Å². The number of fused-ring (bicyclic) bond motifs is 1. The molecule has 1 aromatic heterocycles. The minimum absolute atomic E-state index is 0.381. The van der Waals surface area contributed by atoms with Crippen LogP contribution < -0.4 is 10.1 Å². The summed E-state index contributed by atoms with van der Waals surface area (Å²) in [4.78, 5) is 12.3. The van der Waals surface area contributed by atoms with Gasteiger partial charge in [0.25, 0.3) is 0 Å². The molecule has 0 saturated heterocycles. The van der Waals surface area contributed by atoms with E-state index in [1.165, 1.54) is 12.7 Å². The molecule has 1 aliphatic heterocycles. The molecule has 0 atom stereocenters. The van der Waals surface area contributed by atoms with Crippen molar-refractivity contribution in [3.63, 3.8) is 0 Å². The predicted octanol–water partition coefficient (Wildman–Crippen LogP) is 3.58. The molecule has 28 heavy (non-hydrogen) atoms. The lowest BCUT2D eigenvalue weighted by molar-refractivity contribution is 0.0596. The molecule has 6 nitrogen and oxygen atoms in total. The molecular weight excluding hydrogens is 354 g/mol. The lowest BCUT2D eigenvalue weighted by Crippen LogP contribution is -2.22. The van der Waals surface area contributed by atoms with Gasteiger partial charge in [0.15, 0.2) is 5.75 Å². The van der Waals surface area contributed by atoms with Crippen molar-refractivity contribution in [3.8, 4) is 16.9 Å². The Morgan fingerprint density at radius 3 is 2.75 bits per heavy atom. The van der Waals surface area contributed by atoms with E-state index in [0.717, 1.165) is 40.9 Å². The minimum atomic E-state index is -0.381. The summed E-state index contributed by atoms with van der Waals surface area (Å²) >= 11 is 0. The lowest BCUT2D eigenvalue weighted by Gasteiger charge is -2.25. The number of nitrogens with zero attached hydrogens (tertiary/aromatic N) is 2. The van der Waals surface area contributed by atoms with Crippen LogP contribution in [-0.4, -0.2) is 36.0 Å². The maximum Gasteiger partial charge on any atom is 0.341 e. The molecule has 0 bridgehead atoms. The Labute approximate surface area is 164 Å². The Kier molecular flexibility index (Phi) is 4.77. The van der Waals surface area contributed by atoms with Gasteiger partial charge in [0.1, 0.15) is 12.2 Å². The van der Waals surface area contributed by atoms with E-state index in [0.29, 0.717) is 17.9 Å². The second kappa shape index (κ2) is 7.38. The largest absolute Gasteiger partial charge is 0.489 e. The number of carbonyl (C=O) groups excluding carboxylic acids is 1. The van der Waals surface area contributed by atoms with Gasteiger partial charge in [-0.15, -0.1) is 0 Å². The number of ether oxygens (including phenoxy) is 2. The van der Waals surface area contributed by atoms with Crippen LogP contribution in [0.4, 0.5) is 5.69 Å². The number of aryl methyl sites for hydroxylation is 1. The summed E-state index contributed by atoms with van der Waals surface area (Å²) in [6.45, 7) is 3.31. The molecule has 0 unspecified atom stereocenters. The van der Waals surface area contributed by atoms with Crippen molar-refractivity contribution < 1.29 is 14.3 Å². The van der Waals surface area contributed by atoms with E-state index in [4.69, 9.17) is 9.47 Å². The van der Waals surface area contributed by atoms with Gasteiger partial charge in [-0.05, 0) is 41.7 Å². The molecule has 4 rings (SSSR count). The lowest BCUT2D eigenvalue weighted by atomic mass is 9.94. The van der Waals surface area contributed by atoms with Crippen molar-refractivity contribution in [1.82, 2.24) is 9.78 Å². The average Bonchev–Trinajstić information content (AvgIpc) is 3.16. The Bertz CT molecular complexity index is 1020. The maximum absolute atomic E-state index is 12.3. The zero-order chi connectivity index (χ0) is 19.7.